The highest BCUT2D eigenvalue weighted by Gasteiger charge is 2.21. The van der Waals surface area contributed by atoms with Crippen molar-refractivity contribution in [3.8, 4) is 0 Å². The van der Waals surface area contributed by atoms with Crippen LogP contribution in [0.4, 0.5) is 0 Å². The van der Waals surface area contributed by atoms with Crippen LogP contribution in [0.5, 0.6) is 0 Å². The van der Waals surface area contributed by atoms with E-state index < -0.39 is 32.5 Å². The molecule has 10 nitrogen and oxygen atoms in total. The van der Waals surface area contributed by atoms with Crippen molar-refractivity contribution in [2.75, 3.05) is 47.5 Å². The molecule has 0 saturated heterocycles. The Balaban J connectivity index is 4.54. The number of aliphatic hydroxyl groups excluding tert-OH is 1. The molecule has 0 aliphatic rings. The molecule has 0 saturated carbocycles. The molecule has 0 bridgehead atoms. The molecule has 0 fully saturated rings. The Morgan fingerprint density at radius 1 is 0.590 bits per heavy atom. The number of ether oxygens (including phenoxy) is 2. The maximum Gasteiger partial charge on any atom is 0.306 e. The number of carbonyl (C=O) groups is 2. The minimum atomic E-state index is -4.67. The predicted molar refractivity (Wildman–Crippen MR) is 251 cm³/mol. The van der Waals surface area contributed by atoms with Gasteiger partial charge in [0, 0.05) is 12.8 Å². The first-order valence-electron chi connectivity index (χ1n) is 23.0. The smallest absolute Gasteiger partial charge is 0.306 e. The van der Waals surface area contributed by atoms with Crippen LogP contribution in [0.15, 0.2) is 97.2 Å². The highest BCUT2D eigenvalue weighted by Crippen LogP contribution is 2.38. The Morgan fingerprint density at radius 3 is 1.59 bits per heavy atom. The average molecular weight is 874 g/mol. The highest BCUT2D eigenvalue weighted by molar-refractivity contribution is 7.45. The molecule has 0 aromatic carbocycles. The van der Waals surface area contributed by atoms with E-state index in [0.717, 1.165) is 77.0 Å². The number of phosphoric ester groups is 1. The first-order valence-corrected chi connectivity index (χ1v) is 24.5. The van der Waals surface area contributed by atoms with E-state index in [4.69, 9.17) is 18.5 Å². The number of hydrogen-bond acceptors (Lipinski definition) is 9. The van der Waals surface area contributed by atoms with Gasteiger partial charge in [0.2, 0.25) is 0 Å². The van der Waals surface area contributed by atoms with Gasteiger partial charge in [-0.1, -0.05) is 143 Å². The lowest BCUT2D eigenvalue weighted by molar-refractivity contribution is -0.870. The summed E-state index contributed by atoms with van der Waals surface area (Å²) in [5.74, 6) is -0.969. The number of rotatable bonds is 40. The molecule has 1 N–H and O–H groups in total. The van der Waals surface area contributed by atoms with Gasteiger partial charge in [-0.25, -0.2) is 0 Å². The van der Waals surface area contributed by atoms with Gasteiger partial charge in [-0.2, -0.15) is 0 Å². The fourth-order valence-corrected chi connectivity index (χ4v) is 6.20. The zero-order valence-electron chi connectivity index (χ0n) is 38.7. The third kappa shape index (κ3) is 44.7. The molecule has 0 spiro atoms. The Hall–Kier alpha value is -3.11. The van der Waals surface area contributed by atoms with Crippen LogP contribution in [0, 0.1) is 0 Å². The molecule has 3 atom stereocenters. The highest BCUT2D eigenvalue weighted by atomic mass is 31.2. The third-order valence-electron chi connectivity index (χ3n) is 9.15. The predicted octanol–water partition coefficient (Wildman–Crippen LogP) is 11.7. The summed E-state index contributed by atoms with van der Waals surface area (Å²) in [5, 5.41) is 9.83. The van der Waals surface area contributed by atoms with Crippen molar-refractivity contribution in [2.24, 2.45) is 0 Å². The summed E-state index contributed by atoms with van der Waals surface area (Å²) in [5.41, 5.74) is 0. The van der Waals surface area contributed by atoms with Gasteiger partial charge in [-0.05, 0) is 89.9 Å². The topological polar surface area (TPSA) is 131 Å². The number of aliphatic hydroxyl groups is 1. The first kappa shape index (κ1) is 57.9. The molecule has 0 rings (SSSR count). The van der Waals surface area contributed by atoms with Crippen LogP contribution in [0.3, 0.4) is 0 Å². The number of likely N-dealkylation sites (N-methyl/N-ethyl adjacent to an activating group) is 1. The van der Waals surface area contributed by atoms with Crippen LogP contribution >= 0.6 is 7.82 Å². The molecule has 0 aromatic rings. The molecule has 0 aliphatic heterocycles. The molecule has 11 heteroatoms. The monoisotopic (exact) mass is 874 g/mol. The molecular formula is C50H84NO9P. The van der Waals surface area contributed by atoms with Gasteiger partial charge < -0.3 is 33.0 Å². The van der Waals surface area contributed by atoms with Crippen LogP contribution in [-0.2, 0) is 32.7 Å². The van der Waals surface area contributed by atoms with Crippen LogP contribution in [-0.4, -0.2) is 81.2 Å². The van der Waals surface area contributed by atoms with E-state index in [2.05, 4.69) is 86.8 Å². The SMILES string of the molecule is CCCCC/C=C\C/C=C\C/C=C\C/C=C\CCCCCC(=O)OC[C@H](COP(=O)([O-])OCC[N+](C)(C)C)OC(=O)CCC/C=C\C/C=C\C/C=C\C/C=C\[C@H](O)CCCC. The van der Waals surface area contributed by atoms with E-state index >= 15 is 0 Å². The number of phosphoric acid groups is 1. The first-order chi connectivity index (χ1) is 29.4. The lowest BCUT2D eigenvalue weighted by Gasteiger charge is -2.28. The maximum absolute atomic E-state index is 12.7. The Labute approximate surface area is 371 Å². The largest absolute Gasteiger partial charge is 0.756 e. The van der Waals surface area contributed by atoms with Crippen molar-refractivity contribution in [2.45, 2.75) is 161 Å². The number of nitrogens with zero attached hydrogens (tertiary/aromatic N) is 1. The average Bonchev–Trinajstić information content (AvgIpc) is 3.21. The second-order valence-electron chi connectivity index (χ2n) is 16.2. The summed E-state index contributed by atoms with van der Waals surface area (Å²) in [6, 6.07) is 0. The van der Waals surface area contributed by atoms with Crippen molar-refractivity contribution in [1.29, 1.82) is 0 Å². The Morgan fingerprint density at radius 2 is 1.07 bits per heavy atom. The van der Waals surface area contributed by atoms with Crippen molar-refractivity contribution in [3.05, 3.63) is 97.2 Å². The molecule has 0 aliphatic carbocycles. The van der Waals surface area contributed by atoms with Crippen LogP contribution < -0.4 is 4.89 Å². The van der Waals surface area contributed by atoms with E-state index in [1.54, 1.807) is 0 Å². The number of unbranched alkanes of at least 4 members (excludes halogenated alkanes) is 8. The Kier molecular flexibility index (Phi) is 38.8. The summed E-state index contributed by atoms with van der Waals surface area (Å²) in [6.45, 7) is 3.90. The van der Waals surface area contributed by atoms with E-state index in [9.17, 15) is 24.2 Å². The van der Waals surface area contributed by atoms with Gasteiger partial charge >= 0.3 is 11.9 Å². The zero-order valence-corrected chi connectivity index (χ0v) is 39.6. The summed E-state index contributed by atoms with van der Waals surface area (Å²) < 4.78 is 33.8. The van der Waals surface area contributed by atoms with Crippen LogP contribution in [0.2, 0.25) is 0 Å². The van der Waals surface area contributed by atoms with Gasteiger partial charge in [0.05, 0.1) is 33.9 Å². The number of hydrogen-bond donors (Lipinski definition) is 1. The fourth-order valence-electron chi connectivity index (χ4n) is 5.47. The second-order valence-corrected chi connectivity index (χ2v) is 17.6. The van der Waals surface area contributed by atoms with Crippen molar-refractivity contribution >= 4 is 19.8 Å². The summed E-state index contributed by atoms with van der Waals surface area (Å²) >= 11 is 0. The summed E-state index contributed by atoms with van der Waals surface area (Å²) in [4.78, 5) is 37.6. The van der Waals surface area contributed by atoms with Crippen molar-refractivity contribution in [1.82, 2.24) is 0 Å². The number of allylic oxidation sites excluding steroid dienone is 15. The van der Waals surface area contributed by atoms with E-state index in [0.29, 0.717) is 30.3 Å². The summed E-state index contributed by atoms with van der Waals surface area (Å²) in [7, 11) is 1.07. The lowest BCUT2D eigenvalue weighted by Crippen LogP contribution is -2.37. The summed E-state index contributed by atoms with van der Waals surface area (Å²) in [6.07, 6.45) is 50.6. The maximum atomic E-state index is 12.7. The van der Waals surface area contributed by atoms with Crippen molar-refractivity contribution in [3.63, 3.8) is 0 Å². The molecule has 0 heterocycles. The number of quaternary nitrogens is 1. The van der Waals surface area contributed by atoms with Crippen LogP contribution in [0.1, 0.15) is 149 Å². The molecule has 0 amide bonds. The van der Waals surface area contributed by atoms with E-state index in [-0.39, 0.29) is 32.2 Å². The molecule has 1 unspecified atom stereocenters. The molecule has 0 radical (unpaired) electrons. The van der Waals surface area contributed by atoms with Gasteiger partial charge in [-0.3, -0.25) is 14.2 Å². The number of esters is 2. The van der Waals surface area contributed by atoms with Gasteiger partial charge in [0.1, 0.15) is 19.8 Å². The fraction of sp³-hybridized carbons (Fsp3) is 0.640. The van der Waals surface area contributed by atoms with Crippen LogP contribution in [0.25, 0.3) is 0 Å². The molecule has 348 valence electrons. The molecular weight excluding hydrogens is 790 g/mol. The molecule has 0 aromatic heterocycles. The standard InChI is InChI=1S/C50H84NO9P/c1-6-8-10-11-12-13-14-15-16-17-18-19-20-21-25-28-31-34-37-41-49(53)57-45-48(46-59-61(55,56)58-44-43-51(3,4)5)60-50(54)42-38-35-32-29-26-23-22-24-27-30-33-36-40-47(52)39-9-7-2/h12-13,15-16,18-19,21-23,25,27,29-30,32,36,40,47-48,52H,6-11,14,17,20,24,26,28,31,33-35,37-39,41-46H2,1-5H3/b13-12-,16-15-,19-18-,23-22-,25-21-,30-27-,32-29-,40-36-/t47-,48-/m1/s1. The minimum Gasteiger partial charge on any atom is -0.756 e. The molecule has 61 heavy (non-hydrogen) atoms. The third-order valence-corrected chi connectivity index (χ3v) is 10.1. The number of carbonyl (C=O) groups excluding carboxylic acids is 2. The van der Waals surface area contributed by atoms with Crippen molar-refractivity contribution < 1.29 is 47.2 Å². The van der Waals surface area contributed by atoms with E-state index in [1.807, 2.05) is 45.4 Å². The van der Waals surface area contributed by atoms with E-state index in [1.165, 1.54) is 25.7 Å². The zero-order chi connectivity index (χ0) is 45.1. The minimum absolute atomic E-state index is 0.0595. The van der Waals surface area contributed by atoms with Gasteiger partial charge in [0.15, 0.2) is 6.10 Å². The second kappa shape index (κ2) is 40.9. The van der Waals surface area contributed by atoms with Gasteiger partial charge in [-0.15, -0.1) is 0 Å². The Bertz CT molecular complexity index is 1370. The normalized spacial score (nSPS) is 14.9. The lowest BCUT2D eigenvalue weighted by atomic mass is 10.1. The van der Waals surface area contributed by atoms with Gasteiger partial charge in [0.25, 0.3) is 7.82 Å². The quantitative estimate of drug-likeness (QED) is 0.0210.